The average molecular weight is 502 g/mol. The van der Waals surface area contributed by atoms with Crippen LogP contribution in [0.3, 0.4) is 0 Å². The lowest BCUT2D eigenvalue weighted by atomic mass is 10.1. The van der Waals surface area contributed by atoms with Crippen LogP contribution >= 0.6 is 0 Å². The van der Waals surface area contributed by atoms with Crippen molar-refractivity contribution in [2.45, 2.75) is 58.5 Å². The van der Waals surface area contributed by atoms with Crippen molar-refractivity contribution in [3.63, 3.8) is 0 Å². The van der Waals surface area contributed by atoms with Crippen LogP contribution in [0.25, 0.3) is 11.0 Å². The van der Waals surface area contributed by atoms with Crippen molar-refractivity contribution >= 4 is 28.8 Å². The minimum atomic E-state index is -0.280. The van der Waals surface area contributed by atoms with Crippen LogP contribution in [0, 0.1) is 13.8 Å². The Morgan fingerprint density at radius 1 is 1.11 bits per heavy atom. The minimum absolute atomic E-state index is 0.0212. The second-order valence-corrected chi connectivity index (χ2v) is 10.2. The zero-order chi connectivity index (χ0) is 25.9. The highest BCUT2D eigenvalue weighted by molar-refractivity contribution is 6.04. The van der Waals surface area contributed by atoms with Gasteiger partial charge in [0, 0.05) is 19.6 Å². The fourth-order valence-electron chi connectivity index (χ4n) is 5.67. The molecule has 1 atom stereocenters. The monoisotopic (exact) mass is 501 g/mol. The minimum Gasteiger partial charge on any atom is -0.337 e. The Morgan fingerprint density at radius 3 is 2.65 bits per heavy atom. The number of carbonyl (C=O) groups excluding carboxylic acids is 2. The lowest BCUT2D eigenvalue weighted by molar-refractivity contribution is -0.126. The van der Waals surface area contributed by atoms with Gasteiger partial charge in [0.25, 0.3) is 5.91 Å². The van der Waals surface area contributed by atoms with Gasteiger partial charge in [0.05, 0.1) is 34.5 Å². The van der Waals surface area contributed by atoms with Crippen LogP contribution in [0.5, 0.6) is 0 Å². The maximum Gasteiger partial charge on any atom is 0.259 e. The number of hydrogen-bond acceptors (Lipinski definition) is 6. The number of amides is 2. The van der Waals surface area contributed by atoms with Crippen LogP contribution in [-0.2, 0) is 11.3 Å². The highest BCUT2D eigenvalue weighted by Gasteiger charge is 2.27. The molecule has 194 valence electrons. The zero-order valence-corrected chi connectivity index (χ0v) is 21.7. The van der Waals surface area contributed by atoms with E-state index in [1.807, 2.05) is 4.90 Å². The summed E-state index contributed by atoms with van der Waals surface area (Å²) in [6.45, 7) is 12.0. The predicted octanol–water partition coefficient (Wildman–Crippen LogP) is 4.03. The summed E-state index contributed by atoms with van der Waals surface area (Å²) >= 11 is 0. The second kappa shape index (κ2) is 10.8. The molecule has 1 N–H and O–H groups in total. The molecule has 0 spiro atoms. The largest absolute Gasteiger partial charge is 0.337 e. The summed E-state index contributed by atoms with van der Waals surface area (Å²) in [4.78, 5) is 35.1. The Balaban J connectivity index is 1.56. The van der Waals surface area contributed by atoms with E-state index in [4.69, 9.17) is 4.98 Å². The van der Waals surface area contributed by atoms with E-state index >= 15 is 0 Å². The molecule has 5 rings (SSSR count). The van der Waals surface area contributed by atoms with Crippen molar-refractivity contribution in [1.82, 2.24) is 29.5 Å². The Kier molecular flexibility index (Phi) is 7.32. The third-order valence-corrected chi connectivity index (χ3v) is 7.40. The maximum absolute atomic E-state index is 13.2. The highest BCUT2D eigenvalue weighted by atomic mass is 16.2. The second-order valence-electron chi connectivity index (χ2n) is 10.2. The van der Waals surface area contributed by atoms with E-state index in [-0.39, 0.29) is 17.9 Å². The number of anilines is 1. The van der Waals surface area contributed by atoms with Crippen LogP contribution in [0.1, 0.15) is 65.3 Å². The number of imidazole rings is 1. The van der Waals surface area contributed by atoms with E-state index in [1.54, 1.807) is 13.0 Å². The molecule has 0 aliphatic carbocycles. The number of nitrogens with zero attached hydrogens (tertiary/aromatic N) is 6. The van der Waals surface area contributed by atoms with Crippen molar-refractivity contribution in [1.29, 1.82) is 0 Å². The number of likely N-dealkylation sites (tertiary alicyclic amines) is 2. The standard InChI is InChI=1S/C28H35N7O2/c1-4-25(36)34-12-6-5-9-23(18-34)35-26-19(2)13-21(17-33-10-7-8-11-33)15-24(26)30-28(35)31-27(37)22-14-20(3)32-29-16-22/h4,13-16,23H,1,5-12,17-18H2,2-3H3,(H,30,31,37). The normalized spacial score (nSPS) is 18.6. The first-order valence-electron chi connectivity index (χ1n) is 13.2. The molecule has 2 fully saturated rings. The van der Waals surface area contributed by atoms with Gasteiger partial charge in [0.1, 0.15) is 0 Å². The number of hydrogen-bond donors (Lipinski definition) is 1. The molecule has 37 heavy (non-hydrogen) atoms. The molecule has 2 saturated heterocycles. The quantitative estimate of drug-likeness (QED) is 0.513. The number of rotatable bonds is 6. The van der Waals surface area contributed by atoms with Gasteiger partial charge < -0.3 is 9.47 Å². The average Bonchev–Trinajstić information content (AvgIpc) is 3.44. The highest BCUT2D eigenvalue weighted by Crippen LogP contribution is 2.33. The molecule has 2 aromatic heterocycles. The molecule has 1 unspecified atom stereocenters. The maximum atomic E-state index is 13.2. The number of aryl methyl sites for hydroxylation is 2. The van der Waals surface area contributed by atoms with Crippen LogP contribution in [0.15, 0.2) is 37.1 Å². The molecule has 2 aliphatic heterocycles. The van der Waals surface area contributed by atoms with Crippen LogP contribution in [-0.4, -0.2) is 67.5 Å². The van der Waals surface area contributed by atoms with Gasteiger partial charge in [-0.3, -0.25) is 19.8 Å². The summed E-state index contributed by atoms with van der Waals surface area (Å²) in [5.41, 5.74) is 5.31. The molecular weight excluding hydrogens is 466 g/mol. The Bertz CT molecular complexity index is 1330. The first-order chi connectivity index (χ1) is 17.9. The predicted molar refractivity (Wildman–Crippen MR) is 143 cm³/mol. The first kappa shape index (κ1) is 25.1. The summed E-state index contributed by atoms with van der Waals surface area (Å²) in [5, 5.41) is 10.9. The van der Waals surface area contributed by atoms with Crippen molar-refractivity contribution in [3.8, 4) is 0 Å². The molecule has 0 saturated carbocycles. The van der Waals surface area contributed by atoms with Gasteiger partial charge in [-0.1, -0.05) is 12.6 Å². The smallest absolute Gasteiger partial charge is 0.259 e. The summed E-state index contributed by atoms with van der Waals surface area (Å²) in [7, 11) is 0. The van der Waals surface area contributed by atoms with Gasteiger partial charge in [-0.15, -0.1) is 0 Å². The van der Waals surface area contributed by atoms with E-state index in [9.17, 15) is 9.59 Å². The number of carbonyl (C=O) groups is 2. The first-order valence-corrected chi connectivity index (χ1v) is 13.2. The summed E-state index contributed by atoms with van der Waals surface area (Å²) in [5.74, 6) is 0.149. The molecule has 4 heterocycles. The Hall–Kier alpha value is -3.59. The van der Waals surface area contributed by atoms with Crippen molar-refractivity contribution in [2.24, 2.45) is 0 Å². The fourth-order valence-corrected chi connectivity index (χ4v) is 5.67. The molecule has 9 nitrogen and oxygen atoms in total. The molecule has 1 aromatic carbocycles. The third kappa shape index (κ3) is 5.41. The SMILES string of the molecule is C=CC(=O)N1CCCCC(n2c(NC(=O)c3cnnc(C)c3)nc3cc(CN4CCCC4)cc(C)c32)C1. The lowest BCUT2D eigenvalue weighted by Gasteiger charge is -2.26. The summed E-state index contributed by atoms with van der Waals surface area (Å²) in [6, 6.07) is 6.08. The number of aromatic nitrogens is 4. The number of benzene rings is 1. The van der Waals surface area contributed by atoms with Crippen molar-refractivity contribution in [3.05, 3.63) is 59.4 Å². The molecule has 0 bridgehead atoms. The molecule has 2 aliphatic rings. The number of fused-ring (bicyclic) bond motifs is 1. The van der Waals surface area contributed by atoms with Gasteiger partial charge in [0.2, 0.25) is 11.9 Å². The van der Waals surface area contributed by atoms with Crippen LogP contribution in [0.2, 0.25) is 0 Å². The lowest BCUT2D eigenvalue weighted by Crippen LogP contribution is -2.34. The third-order valence-electron chi connectivity index (χ3n) is 7.40. The van der Waals surface area contributed by atoms with E-state index < -0.39 is 0 Å². The van der Waals surface area contributed by atoms with E-state index in [2.05, 4.69) is 50.6 Å². The molecule has 0 radical (unpaired) electrons. The van der Waals surface area contributed by atoms with Crippen molar-refractivity contribution < 1.29 is 9.59 Å². The van der Waals surface area contributed by atoms with Crippen molar-refractivity contribution in [2.75, 3.05) is 31.5 Å². The number of nitrogens with one attached hydrogen (secondary N) is 1. The Morgan fingerprint density at radius 2 is 1.89 bits per heavy atom. The van der Waals surface area contributed by atoms with Gasteiger partial charge in [-0.2, -0.15) is 10.2 Å². The van der Waals surface area contributed by atoms with E-state index in [1.165, 1.54) is 30.7 Å². The van der Waals surface area contributed by atoms with E-state index in [0.29, 0.717) is 30.3 Å². The van der Waals surface area contributed by atoms with Gasteiger partial charge >= 0.3 is 0 Å². The van der Waals surface area contributed by atoms with Gasteiger partial charge in [0.15, 0.2) is 0 Å². The van der Waals surface area contributed by atoms with Crippen LogP contribution in [0.4, 0.5) is 5.95 Å². The van der Waals surface area contributed by atoms with E-state index in [0.717, 1.165) is 55.5 Å². The zero-order valence-electron chi connectivity index (χ0n) is 21.7. The summed E-state index contributed by atoms with van der Waals surface area (Å²) in [6.07, 6.45) is 8.15. The van der Waals surface area contributed by atoms with Crippen LogP contribution < -0.4 is 5.32 Å². The van der Waals surface area contributed by atoms with Gasteiger partial charge in [-0.25, -0.2) is 4.98 Å². The van der Waals surface area contributed by atoms with Gasteiger partial charge in [-0.05, 0) is 88.4 Å². The topological polar surface area (TPSA) is 96.2 Å². The molecular formula is C28H35N7O2. The summed E-state index contributed by atoms with van der Waals surface area (Å²) < 4.78 is 2.14. The molecule has 9 heteroatoms. The Labute approximate surface area is 217 Å². The molecule has 3 aromatic rings. The molecule has 2 amide bonds. The fraction of sp³-hybridized carbons (Fsp3) is 0.464.